The number of rotatable bonds is 4. The second kappa shape index (κ2) is 4.35. The summed E-state index contributed by atoms with van der Waals surface area (Å²) in [5.41, 5.74) is 0.549. The molecular formula is C16H22O4. The van der Waals surface area contributed by atoms with Crippen LogP contribution in [0.2, 0.25) is 0 Å². The SMILES string of the molecule is CC1(C)C2CCC1(C)C(OCc1ccc(C(=O)O)o1)C2. The predicted molar refractivity (Wildman–Crippen MR) is 73.5 cm³/mol. The second-order valence-electron chi connectivity index (χ2n) is 6.98. The van der Waals surface area contributed by atoms with Crippen LogP contribution in [0.4, 0.5) is 0 Å². The molecule has 1 aromatic rings. The maximum absolute atomic E-state index is 10.8. The van der Waals surface area contributed by atoms with Gasteiger partial charge in [-0.1, -0.05) is 20.8 Å². The van der Waals surface area contributed by atoms with Gasteiger partial charge in [-0.2, -0.15) is 0 Å². The Morgan fingerprint density at radius 3 is 2.70 bits per heavy atom. The topological polar surface area (TPSA) is 59.7 Å². The Hall–Kier alpha value is -1.29. The van der Waals surface area contributed by atoms with Crippen LogP contribution in [0.25, 0.3) is 0 Å². The van der Waals surface area contributed by atoms with E-state index in [0.717, 1.165) is 12.3 Å². The molecule has 2 aliphatic carbocycles. The van der Waals surface area contributed by atoms with Gasteiger partial charge >= 0.3 is 5.97 Å². The molecule has 2 aliphatic rings. The van der Waals surface area contributed by atoms with Gasteiger partial charge < -0.3 is 14.3 Å². The van der Waals surface area contributed by atoms with Crippen molar-refractivity contribution < 1.29 is 19.1 Å². The lowest BCUT2D eigenvalue weighted by Crippen LogP contribution is -2.37. The van der Waals surface area contributed by atoms with Crippen LogP contribution < -0.4 is 0 Å². The molecule has 3 rings (SSSR count). The molecule has 0 aromatic carbocycles. The number of aromatic carboxylic acids is 1. The summed E-state index contributed by atoms with van der Waals surface area (Å²) >= 11 is 0. The molecule has 1 N–H and O–H groups in total. The van der Waals surface area contributed by atoms with E-state index in [9.17, 15) is 4.79 Å². The predicted octanol–water partition coefficient (Wildman–Crippen LogP) is 3.71. The van der Waals surface area contributed by atoms with Crippen LogP contribution in [-0.4, -0.2) is 17.2 Å². The molecule has 2 bridgehead atoms. The molecule has 2 fully saturated rings. The first-order chi connectivity index (χ1) is 9.34. The lowest BCUT2D eigenvalue weighted by molar-refractivity contribution is -0.0598. The zero-order valence-electron chi connectivity index (χ0n) is 12.3. The maximum atomic E-state index is 10.8. The summed E-state index contributed by atoms with van der Waals surface area (Å²) in [6.07, 6.45) is 3.87. The zero-order chi connectivity index (χ0) is 14.5. The average Bonchev–Trinajstić information content (AvgIpc) is 2.98. The summed E-state index contributed by atoms with van der Waals surface area (Å²) in [6.45, 7) is 7.39. The monoisotopic (exact) mass is 278 g/mol. The van der Waals surface area contributed by atoms with Crippen molar-refractivity contribution in [2.45, 2.75) is 52.7 Å². The molecular weight excluding hydrogens is 256 g/mol. The molecule has 1 heterocycles. The van der Waals surface area contributed by atoms with Crippen LogP contribution in [-0.2, 0) is 11.3 Å². The minimum atomic E-state index is -1.04. The molecule has 3 unspecified atom stereocenters. The van der Waals surface area contributed by atoms with E-state index in [1.165, 1.54) is 18.9 Å². The van der Waals surface area contributed by atoms with E-state index >= 15 is 0 Å². The van der Waals surface area contributed by atoms with Gasteiger partial charge in [0.2, 0.25) is 5.76 Å². The molecule has 0 spiro atoms. The molecule has 0 saturated heterocycles. The van der Waals surface area contributed by atoms with Crippen LogP contribution in [0.3, 0.4) is 0 Å². The van der Waals surface area contributed by atoms with E-state index in [1.54, 1.807) is 6.07 Å². The standard InChI is InChI=1S/C16H22O4/c1-15(2)10-6-7-16(15,3)13(8-10)19-9-11-4-5-12(20-11)14(17)18/h4-5,10,13H,6-9H2,1-3H3,(H,17,18). The number of furan rings is 1. The number of ether oxygens (including phenoxy) is 1. The van der Waals surface area contributed by atoms with Crippen molar-refractivity contribution in [3.8, 4) is 0 Å². The fourth-order valence-electron chi connectivity index (χ4n) is 4.14. The minimum absolute atomic E-state index is 0.0249. The van der Waals surface area contributed by atoms with Crippen molar-refractivity contribution in [2.75, 3.05) is 0 Å². The lowest BCUT2D eigenvalue weighted by atomic mass is 9.70. The molecule has 0 amide bonds. The largest absolute Gasteiger partial charge is 0.475 e. The van der Waals surface area contributed by atoms with Gasteiger partial charge in [0.25, 0.3) is 0 Å². The highest BCUT2D eigenvalue weighted by atomic mass is 16.5. The van der Waals surface area contributed by atoms with E-state index in [4.69, 9.17) is 14.3 Å². The van der Waals surface area contributed by atoms with Crippen molar-refractivity contribution in [3.63, 3.8) is 0 Å². The van der Waals surface area contributed by atoms with Gasteiger partial charge in [0, 0.05) is 0 Å². The summed E-state index contributed by atoms with van der Waals surface area (Å²) in [7, 11) is 0. The minimum Gasteiger partial charge on any atom is -0.475 e. The van der Waals surface area contributed by atoms with Gasteiger partial charge in [-0.05, 0) is 48.1 Å². The fraction of sp³-hybridized carbons (Fsp3) is 0.688. The summed E-state index contributed by atoms with van der Waals surface area (Å²) in [5, 5.41) is 8.84. The second-order valence-corrected chi connectivity index (χ2v) is 6.98. The Labute approximate surface area is 119 Å². The smallest absolute Gasteiger partial charge is 0.371 e. The fourth-order valence-corrected chi connectivity index (χ4v) is 4.14. The number of carbonyl (C=O) groups is 1. The van der Waals surface area contributed by atoms with Crippen molar-refractivity contribution in [2.24, 2.45) is 16.7 Å². The first-order valence-corrected chi connectivity index (χ1v) is 7.28. The van der Waals surface area contributed by atoms with Gasteiger partial charge in [-0.3, -0.25) is 0 Å². The third-order valence-corrected chi connectivity index (χ3v) is 6.01. The number of fused-ring (bicyclic) bond motifs is 2. The lowest BCUT2D eigenvalue weighted by Gasteiger charge is -2.38. The Kier molecular flexibility index (Phi) is 2.98. The van der Waals surface area contributed by atoms with Crippen molar-refractivity contribution in [1.82, 2.24) is 0 Å². The Balaban J connectivity index is 1.66. The highest BCUT2D eigenvalue weighted by Crippen LogP contribution is 2.66. The number of carboxylic acid groups (broad SMARTS) is 1. The molecule has 3 atom stereocenters. The molecule has 4 nitrogen and oxygen atoms in total. The maximum Gasteiger partial charge on any atom is 0.371 e. The summed E-state index contributed by atoms with van der Waals surface area (Å²) in [5.74, 6) is 0.266. The van der Waals surface area contributed by atoms with E-state index in [1.807, 2.05) is 0 Å². The third kappa shape index (κ3) is 1.81. The van der Waals surface area contributed by atoms with E-state index in [2.05, 4.69) is 20.8 Å². The Bertz CT molecular complexity index is 530. The molecule has 110 valence electrons. The molecule has 4 heteroatoms. The number of hydrogen-bond acceptors (Lipinski definition) is 3. The summed E-state index contributed by atoms with van der Waals surface area (Å²) in [6, 6.07) is 3.16. The van der Waals surface area contributed by atoms with Crippen LogP contribution >= 0.6 is 0 Å². The van der Waals surface area contributed by atoms with Gasteiger partial charge in [0.15, 0.2) is 0 Å². The summed E-state index contributed by atoms with van der Waals surface area (Å²) < 4.78 is 11.3. The number of carboxylic acids is 1. The van der Waals surface area contributed by atoms with Crippen LogP contribution in [0, 0.1) is 16.7 Å². The highest BCUT2D eigenvalue weighted by Gasteiger charge is 2.61. The first kappa shape index (κ1) is 13.7. The highest BCUT2D eigenvalue weighted by molar-refractivity contribution is 5.84. The van der Waals surface area contributed by atoms with Crippen molar-refractivity contribution >= 4 is 5.97 Å². The van der Waals surface area contributed by atoms with Gasteiger partial charge in [-0.15, -0.1) is 0 Å². The Morgan fingerprint density at radius 2 is 2.20 bits per heavy atom. The average molecular weight is 278 g/mol. The van der Waals surface area contributed by atoms with Crippen LogP contribution in [0.1, 0.15) is 56.3 Å². The first-order valence-electron chi connectivity index (χ1n) is 7.28. The van der Waals surface area contributed by atoms with Crippen molar-refractivity contribution in [1.29, 1.82) is 0 Å². The van der Waals surface area contributed by atoms with Gasteiger partial charge in [-0.25, -0.2) is 4.79 Å². The van der Waals surface area contributed by atoms with Gasteiger partial charge in [0.05, 0.1) is 6.10 Å². The van der Waals surface area contributed by atoms with E-state index in [-0.39, 0.29) is 17.3 Å². The van der Waals surface area contributed by atoms with Gasteiger partial charge in [0.1, 0.15) is 12.4 Å². The van der Waals surface area contributed by atoms with Crippen LogP contribution in [0.5, 0.6) is 0 Å². The molecule has 2 saturated carbocycles. The van der Waals surface area contributed by atoms with E-state index < -0.39 is 5.97 Å². The molecule has 1 aromatic heterocycles. The van der Waals surface area contributed by atoms with E-state index in [0.29, 0.717) is 17.8 Å². The number of hydrogen-bond donors (Lipinski definition) is 1. The molecule has 0 radical (unpaired) electrons. The quantitative estimate of drug-likeness (QED) is 0.912. The van der Waals surface area contributed by atoms with Crippen molar-refractivity contribution in [3.05, 3.63) is 23.7 Å². The van der Waals surface area contributed by atoms with Crippen LogP contribution in [0.15, 0.2) is 16.5 Å². The zero-order valence-corrected chi connectivity index (χ0v) is 12.3. The molecule has 0 aliphatic heterocycles. The normalized spacial score (nSPS) is 34.5. The Morgan fingerprint density at radius 1 is 1.45 bits per heavy atom. The third-order valence-electron chi connectivity index (χ3n) is 6.01. The molecule has 20 heavy (non-hydrogen) atoms. The summed E-state index contributed by atoms with van der Waals surface area (Å²) in [4.78, 5) is 10.8.